The smallest absolute Gasteiger partial charge is 0.280 e. The number of ether oxygens (including phenoxy) is 2. The number of amides is 1. The number of nitrogens with zero attached hydrogens (tertiary/aromatic N) is 2. The summed E-state index contributed by atoms with van der Waals surface area (Å²) < 4.78 is 13.9. The first-order chi connectivity index (χ1) is 16.0. The van der Waals surface area contributed by atoms with E-state index in [9.17, 15) is 4.79 Å². The Balaban J connectivity index is 1.60. The molecular formula is C26H22BrIN2O3. The van der Waals surface area contributed by atoms with Crippen molar-refractivity contribution < 1.29 is 14.3 Å². The Morgan fingerprint density at radius 1 is 1.06 bits per heavy atom. The van der Waals surface area contributed by atoms with Gasteiger partial charge in [-0.1, -0.05) is 30.3 Å². The van der Waals surface area contributed by atoms with Gasteiger partial charge in [-0.15, -0.1) is 0 Å². The maximum atomic E-state index is 13.0. The maximum Gasteiger partial charge on any atom is 0.280 e. The Bertz CT molecular complexity index is 1220. The van der Waals surface area contributed by atoms with Crippen LogP contribution in [0.2, 0.25) is 0 Å². The summed E-state index contributed by atoms with van der Waals surface area (Å²) in [6.45, 7) is 4.68. The van der Waals surface area contributed by atoms with E-state index in [2.05, 4.69) is 43.6 Å². The fourth-order valence-electron chi connectivity index (χ4n) is 3.41. The van der Waals surface area contributed by atoms with Crippen molar-refractivity contribution in [1.29, 1.82) is 0 Å². The third-order valence-electron chi connectivity index (χ3n) is 5.00. The van der Waals surface area contributed by atoms with E-state index in [-0.39, 0.29) is 5.91 Å². The monoisotopic (exact) mass is 616 g/mol. The predicted octanol–water partition coefficient (Wildman–Crippen LogP) is 6.84. The summed E-state index contributed by atoms with van der Waals surface area (Å²) >= 11 is 5.90. The van der Waals surface area contributed by atoms with Gasteiger partial charge in [-0.3, -0.25) is 4.79 Å². The fourth-order valence-corrected chi connectivity index (χ4v) is 4.34. The molecule has 0 unspecified atom stereocenters. The van der Waals surface area contributed by atoms with E-state index >= 15 is 0 Å². The van der Waals surface area contributed by atoms with Crippen molar-refractivity contribution in [2.24, 2.45) is 5.10 Å². The predicted molar refractivity (Wildman–Crippen MR) is 144 cm³/mol. The molecule has 0 saturated heterocycles. The molecule has 0 radical (unpaired) electrons. The Labute approximate surface area is 215 Å². The van der Waals surface area contributed by atoms with E-state index in [0.717, 1.165) is 21.3 Å². The van der Waals surface area contributed by atoms with E-state index in [4.69, 9.17) is 9.47 Å². The van der Waals surface area contributed by atoms with Crippen LogP contribution in [0, 0.1) is 3.57 Å². The molecule has 0 saturated carbocycles. The second-order valence-corrected chi connectivity index (χ2v) is 9.47. The molecule has 1 aliphatic heterocycles. The van der Waals surface area contributed by atoms with Gasteiger partial charge < -0.3 is 9.47 Å². The van der Waals surface area contributed by atoms with E-state index < -0.39 is 0 Å². The normalized spacial score (nSPS) is 14.5. The molecule has 1 heterocycles. The van der Waals surface area contributed by atoms with Gasteiger partial charge in [0.1, 0.15) is 6.61 Å². The first-order valence-corrected chi connectivity index (χ1v) is 12.3. The minimum absolute atomic E-state index is 0.160. The molecule has 0 aromatic heterocycles. The summed E-state index contributed by atoms with van der Waals surface area (Å²) in [6, 6.07) is 21.4. The van der Waals surface area contributed by atoms with Crippen molar-refractivity contribution >= 4 is 61.9 Å². The second kappa shape index (κ2) is 10.5. The lowest BCUT2D eigenvalue weighted by atomic mass is 10.1. The molecule has 3 aromatic rings. The zero-order valence-corrected chi connectivity index (χ0v) is 22.0. The number of carbonyl (C=O) groups is 1. The van der Waals surface area contributed by atoms with Crippen LogP contribution in [0.25, 0.3) is 6.08 Å². The van der Waals surface area contributed by atoms with Crippen LogP contribution in [0.5, 0.6) is 11.5 Å². The van der Waals surface area contributed by atoms with E-state index in [1.807, 2.05) is 86.7 Å². The standard InChI is InChI=1S/C26H22BrIN2O3/c1-3-32-24-15-19(14-23(27)25(24)33-16-18-9-11-20(28)12-10-18)13-22-17(2)29-30(26(22)31)21-7-5-4-6-8-21/h4-15H,3,16H2,1-2H3/b22-13+. The Kier molecular flexibility index (Phi) is 7.49. The number of halogens is 2. The lowest BCUT2D eigenvalue weighted by molar-refractivity contribution is -0.114. The van der Waals surface area contributed by atoms with E-state index in [1.54, 1.807) is 0 Å². The molecular weight excluding hydrogens is 595 g/mol. The molecule has 33 heavy (non-hydrogen) atoms. The van der Waals surface area contributed by atoms with Crippen molar-refractivity contribution in [2.75, 3.05) is 11.6 Å². The van der Waals surface area contributed by atoms with Gasteiger partial charge in [0.25, 0.3) is 5.91 Å². The average Bonchev–Trinajstić information content (AvgIpc) is 3.09. The third-order valence-corrected chi connectivity index (χ3v) is 6.31. The van der Waals surface area contributed by atoms with E-state index in [0.29, 0.717) is 36.0 Å². The highest BCUT2D eigenvalue weighted by Gasteiger charge is 2.28. The summed E-state index contributed by atoms with van der Waals surface area (Å²) in [5, 5.41) is 5.88. The highest BCUT2D eigenvalue weighted by Crippen LogP contribution is 2.38. The minimum Gasteiger partial charge on any atom is -0.490 e. The molecule has 7 heteroatoms. The Morgan fingerprint density at radius 2 is 1.79 bits per heavy atom. The van der Waals surface area contributed by atoms with Gasteiger partial charge in [0.15, 0.2) is 11.5 Å². The summed E-state index contributed by atoms with van der Waals surface area (Å²) in [4.78, 5) is 13.0. The van der Waals surface area contributed by atoms with Gasteiger partial charge in [-0.2, -0.15) is 10.1 Å². The molecule has 0 aliphatic carbocycles. The minimum atomic E-state index is -0.160. The highest BCUT2D eigenvalue weighted by atomic mass is 127. The molecule has 1 aliphatic rings. The number of benzene rings is 3. The zero-order valence-electron chi connectivity index (χ0n) is 18.2. The average molecular weight is 617 g/mol. The summed E-state index contributed by atoms with van der Waals surface area (Å²) in [5.74, 6) is 1.09. The van der Waals surface area contributed by atoms with Crippen LogP contribution in [0.15, 0.2) is 81.9 Å². The van der Waals surface area contributed by atoms with Gasteiger partial charge in [0.2, 0.25) is 0 Å². The second-order valence-electron chi connectivity index (χ2n) is 7.37. The number of anilines is 1. The fraction of sp³-hybridized carbons (Fsp3) is 0.154. The van der Waals surface area contributed by atoms with Crippen molar-refractivity contribution in [2.45, 2.75) is 20.5 Å². The molecule has 0 bridgehead atoms. The third kappa shape index (κ3) is 5.47. The van der Waals surface area contributed by atoms with Crippen molar-refractivity contribution in [3.8, 4) is 11.5 Å². The lowest BCUT2D eigenvalue weighted by Gasteiger charge is -2.15. The molecule has 4 rings (SSSR count). The number of hydrazone groups is 1. The first kappa shape index (κ1) is 23.5. The van der Waals surface area contributed by atoms with E-state index in [1.165, 1.54) is 8.58 Å². The quantitative estimate of drug-likeness (QED) is 0.216. The van der Waals surface area contributed by atoms with Crippen LogP contribution in [0.3, 0.4) is 0 Å². The first-order valence-electron chi connectivity index (χ1n) is 10.5. The SMILES string of the molecule is CCOc1cc(/C=C2/C(=O)N(c3ccccc3)N=C2C)cc(Br)c1OCc1ccc(I)cc1. The Hall–Kier alpha value is -2.65. The van der Waals surface area contributed by atoms with Crippen LogP contribution in [0.1, 0.15) is 25.0 Å². The zero-order chi connectivity index (χ0) is 23.4. The van der Waals surface area contributed by atoms with Crippen LogP contribution in [-0.2, 0) is 11.4 Å². The Morgan fingerprint density at radius 3 is 2.48 bits per heavy atom. The summed E-state index contributed by atoms with van der Waals surface area (Å²) in [7, 11) is 0. The maximum absolute atomic E-state index is 13.0. The van der Waals surface area contributed by atoms with Crippen molar-refractivity contribution in [3.05, 3.63) is 91.5 Å². The number of carbonyl (C=O) groups excluding carboxylic acids is 1. The summed E-state index contributed by atoms with van der Waals surface area (Å²) in [6.07, 6.45) is 1.83. The molecule has 168 valence electrons. The van der Waals surface area contributed by atoms with Gasteiger partial charge in [0, 0.05) is 3.57 Å². The molecule has 0 N–H and O–H groups in total. The van der Waals surface area contributed by atoms with Crippen molar-refractivity contribution in [3.63, 3.8) is 0 Å². The van der Waals surface area contributed by atoms with Crippen LogP contribution in [-0.4, -0.2) is 18.2 Å². The highest BCUT2D eigenvalue weighted by molar-refractivity contribution is 14.1. The molecule has 1 amide bonds. The number of hydrogen-bond acceptors (Lipinski definition) is 4. The molecule has 0 fully saturated rings. The number of hydrogen-bond donors (Lipinski definition) is 0. The van der Waals surface area contributed by atoms with Crippen LogP contribution in [0.4, 0.5) is 5.69 Å². The largest absolute Gasteiger partial charge is 0.490 e. The van der Waals surface area contributed by atoms with Gasteiger partial charge in [0.05, 0.1) is 28.1 Å². The lowest BCUT2D eigenvalue weighted by Crippen LogP contribution is -2.21. The van der Waals surface area contributed by atoms with Crippen molar-refractivity contribution in [1.82, 2.24) is 0 Å². The van der Waals surface area contributed by atoms with Gasteiger partial charge >= 0.3 is 0 Å². The van der Waals surface area contributed by atoms with Crippen LogP contribution >= 0.6 is 38.5 Å². The van der Waals surface area contributed by atoms with Gasteiger partial charge in [-0.05, 0) is 106 Å². The molecule has 0 spiro atoms. The van der Waals surface area contributed by atoms with Crippen LogP contribution < -0.4 is 14.5 Å². The molecule has 0 atom stereocenters. The number of rotatable bonds is 7. The molecule has 5 nitrogen and oxygen atoms in total. The topological polar surface area (TPSA) is 51.1 Å². The molecule has 3 aromatic carbocycles. The summed E-state index contributed by atoms with van der Waals surface area (Å²) in [5.41, 5.74) is 3.83. The number of para-hydroxylation sites is 1. The van der Waals surface area contributed by atoms with Gasteiger partial charge in [-0.25, -0.2) is 0 Å².